The van der Waals surface area contributed by atoms with Crippen molar-refractivity contribution >= 4 is 25.6 Å². The third-order valence-electron chi connectivity index (χ3n) is 7.16. The van der Waals surface area contributed by atoms with Crippen LogP contribution in [0.4, 0.5) is 0 Å². The number of fused-ring (bicyclic) bond motifs is 3. The van der Waals surface area contributed by atoms with Crippen LogP contribution in [0.3, 0.4) is 0 Å². The molecule has 0 radical (unpaired) electrons. The van der Waals surface area contributed by atoms with Crippen molar-refractivity contribution in [3.05, 3.63) is 89.0 Å². The van der Waals surface area contributed by atoms with Gasteiger partial charge >= 0.3 is 5.97 Å². The molecule has 0 fully saturated rings. The van der Waals surface area contributed by atoms with Gasteiger partial charge < -0.3 is 28.1 Å². The Morgan fingerprint density at radius 1 is 0.825 bits per heavy atom. The Labute approximate surface area is 234 Å². The van der Waals surface area contributed by atoms with Crippen molar-refractivity contribution in [1.82, 2.24) is 0 Å². The molecule has 8 nitrogen and oxygen atoms in total. The molecule has 1 aliphatic carbocycles. The molecule has 5 rings (SSSR count). The van der Waals surface area contributed by atoms with Gasteiger partial charge in [0.1, 0.15) is 28.6 Å². The summed E-state index contributed by atoms with van der Waals surface area (Å²) in [5.41, 5.74) is -1.61. The van der Waals surface area contributed by atoms with Crippen molar-refractivity contribution in [3.8, 4) is 23.0 Å². The van der Waals surface area contributed by atoms with Crippen molar-refractivity contribution in [2.45, 2.75) is 30.8 Å². The fraction of sp³-hybridized carbons (Fsp3) is 0.290. The van der Waals surface area contributed by atoms with E-state index in [0.29, 0.717) is 45.3 Å². The van der Waals surface area contributed by atoms with Crippen LogP contribution in [0.2, 0.25) is 19.6 Å². The summed E-state index contributed by atoms with van der Waals surface area (Å²) in [4.78, 5) is 28.5. The first-order chi connectivity index (χ1) is 19.1. The minimum atomic E-state index is -2.58. The highest BCUT2D eigenvalue weighted by Gasteiger charge is 2.76. The molecule has 0 saturated carbocycles. The van der Waals surface area contributed by atoms with Crippen LogP contribution in [0.5, 0.6) is 23.0 Å². The Morgan fingerprint density at radius 3 is 2.02 bits per heavy atom. The van der Waals surface area contributed by atoms with E-state index in [4.69, 9.17) is 28.1 Å². The molecule has 0 unspecified atom stereocenters. The lowest BCUT2D eigenvalue weighted by Gasteiger charge is -2.43. The average Bonchev–Trinajstić information content (AvgIpc) is 3.35. The van der Waals surface area contributed by atoms with Crippen molar-refractivity contribution in [2.75, 3.05) is 28.4 Å². The minimum Gasteiger partial charge on any atom is -0.497 e. The molecule has 1 heterocycles. The highest BCUT2D eigenvalue weighted by molar-refractivity contribution is 6.70. The van der Waals surface area contributed by atoms with Gasteiger partial charge in [-0.05, 0) is 37.3 Å². The van der Waals surface area contributed by atoms with Gasteiger partial charge in [-0.15, -0.1) is 0 Å². The van der Waals surface area contributed by atoms with Gasteiger partial charge in [0, 0.05) is 23.3 Å². The van der Waals surface area contributed by atoms with Gasteiger partial charge in [-0.2, -0.15) is 0 Å². The molecule has 9 heteroatoms. The largest absolute Gasteiger partial charge is 0.497 e. The number of carbonyl (C=O) groups is 2. The molecule has 0 aromatic heterocycles. The predicted octanol–water partition coefficient (Wildman–Crippen LogP) is 5.26. The van der Waals surface area contributed by atoms with Crippen LogP contribution in [-0.4, -0.2) is 48.5 Å². The molecule has 0 amide bonds. The highest BCUT2D eigenvalue weighted by atomic mass is 28.4. The van der Waals surface area contributed by atoms with Gasteiger partial charge in [-0.25, -0.2) is 4.79 Å². The Hall–Kier alpha value is -4.08. The smallest absolute Gasteiger partial charge is 0.342 e. The number of ketones is 1. The maximum Gasteiger partial charge on any atom is 0.342 e. The van der Waals surface area contributed by atoms with E-state index in [1.54, 1.807) is 38.5 Å². The number of hydrogen-bond acceptors (Lipinski definition) is 8. The van der Waals surface area contributed by atoms with E-state index in [-0.39, 0.29) is 5.57 Å². The zero-order valence-corrected chi connectivity index (χ0v) is 24.6. The van der Waals surface area contributed by atoms with E-state index in [0.717, 1.165) is 0 Å². The molecule has 0 saturated heterocycles. The maximum atomic E-state index is 15.0. The maximum absolute atomic E-state index is 15.0. The molecule has 3 aromatic rings. The molecular formula is C31H32O8Si. The van der Waals surface area contributed by atoms with Gasteiger partial charge in [0.2, 0.25) is 17.0 Å². The summed E-state index contributed by atoms with van der Waals surface area (Å²) in [6.45, 7) is 5.96. The number of esters is 1. The van der Waals surface area contributed by atoms with Crippen molar-refractivity contribution in [1.29, 1.82) is 0 Å². The second-order valence-corrected chi connectivity index (χ2v) is 15.0. The monoisotopic (exact) mass is 560 g/mol. The van der Waals surface area contributed by atoms with Crippen LogP contribution in [0.25, 0.3) is 5.57 Å². The average molecular weight is 561 g/mol. The van der Waals surface area contributed by atoms with Crippen molar-refractivity contribution in [2.24, 2.45) is 0 Å². The van der Waals surface area contributed by atoms with Crippen LogP contribution < -0.4 is 18.9 Å². The second kappa shape index (κ2) is 9.83. The number of benzene rings is 3. The Balaban J connectivity index is 2.00. The number of ether oxygens (including phenoxy) is 5. The molecule has 208 valence electrons. The van der Waals surface area contributed by atoms with E-state index >= 15 is 4.79 Å². The summed E-state index contributed by atoms with van der Waals surface area (Å²) < 4.78 is 36.0. The fourth-order valence-corrected chi connectivity index (χ4v) is 7.02. The number of methoxy groups -OCH3 is 4. The summed E-state index contributed by atoms with van der Waals surface area (Å²) in [5, 5.41) is 0. The van der Waals surface area contributed by atoms with E-state index in [9.17, 15) is 4.79 Å². The van der Waals surface area contributed by atoms with Crippen LogP contribution >= 0.6 is 0 Å². The van der Waals surface area contributed by atoms with Gasteiger partial charge in [0.25, 0.3) is 0 Å². The lowest BCUT2D eigenvalue weighted by molar-refractivity contribution is -0.146. The van der Waals surface area contributed by atoms with E-state index in [1.165, 1.54) is 14.2 Å². The predicted molar refractivity (Wildman–Crippen MR) is 151 cm³/mol. The zero-order valence-electron chi connectivity index (χ0n) is 23.6. The molecule has 40 heavy (non-hydrogen) atoms. The van der Waals surface area contributed by atoms with Crippen LogP contribution in [0.1, 0.15) is 16.7 Å². The number of rotatable bonds is 8. The molecule has 3 aromatic carbocycles. The summed E-state index contributed by atoms with van der Waals surface area (Å²) in [7, 11) is 3.31. The van der Waals surface area contributed by atoms with Crippen LogP contribution in [-0.2, 0) is 30.0 Å². The second-order valence-electron chi connectivity index (χ2n) is 10.5. The molecule has 0 bridgehead atoms. The van der Waals surface area contributed by atoms with Gasteiger partial charge in [0.05, 0.1) is 34.0 Å². The Morgan fingerprint density at radius 2 is 1.48 bits per heavy atom. The zero-order chi connectivity index (χ0) is 28.9. The molecule has 0 N–H and O–H groups in total. The minimum absolute atomic E-state index is 0.133. The number of hydrogen-bond donors (Lipinski definition) is 0. The third-order valence-corrected chi connectivity index (χ3v) is 8.08. The summed E-state index contributed by atoms with van der Waals surface area (Å²) in [5.74, 6) is 0.468. The van der Waals surface area contributed by atoms with E-state index < -0.39 is 31.3 Å². The first-order valence-corrected chi connectivity index (χ1v) is 16.2. The fourth-order valence-electron chi connectivity index (χ4n) is 5.76. The molecule has 2 atom stereocenters. The molecule has 2 aliphatic rings. The summed E-state index contributed by atoms with van der Waals surface area (Å²) in [6, 6.07) is 19.9. The number of Topliss-reactive ketones (excluding diaryl/α,β-unsaturated/α-hetero) is 1. The topological polar surface area (TPSA) is 89.5 Å². The SMILES string of the molecule is COC(=O)C1=C(c2ccccc2)[C@]2(c3ccc(OC)cc3)Oc3cc(OC)cc(OC)c3[C@]2(O[Si](C)(C)C)C1=O. The van der Waals surface area contributed by atoms with Crippen molar-refractivity contribution in [3.63, 3.8) is 0 Å². The quantitative estimate of drug-likeness (QED) is 0.210. The normalized spacial score (nSPS) is 21.4. The third kappa shape index (κ3) is 3.83. The summed E-state index contributed by atoms with van der Waals surface area (Å²) >= 11 is 0. The lowest BCUT2D eigenvalue weighted by atomic mass is 9.72. The Kier molecular flexibility index (Phi) is 6.76. The first-order valence-electron chi connectivity index (χ1n) is 12.8. The van der Waals surface area contributed by atoms with Gasteiger partial charge in [0.15, 0.2) is 8.32 Å². The molecular weight excluding hydrogens is 528 g/mol. The van der Waals surface area contributed by atoms with Gasteiger partial charge in [-0.1, -0.05) is 42.5 Å². The lowest BCUT2D eigenvalue weighted by Crippen LogP contribution is -2.56. The van der Waals surface area contributed by atoms with E-state index in [2.05, 4.69) is 0 Å². The van der Waals surface area contributed by atoms with E-state index in [1.807, 2.05) is 62.1 Å². The molecule has 0 spiro atoms. The standard InChI is InChI=1S/C31H32O8Si/c1-34-21-15-13-20(14-16-21)30-26(19-11-9-8-10-12-19)25(29(33)37-4)28(32)31(30,39-40(5,6)7)27-23(36-3)17-22(35-2)18-24(27)38-30/h8-18H,1-7H3/t30-,31-/m0/s1. The number of carbonyl (C=O) groups excluding carboxylic acids is 2. The van der Waals surface area contributed by atoms with Gasteiger partial charge in [-0.3, -0.25) is 4.79 Å². The van der Waals surface area contributed by atoms with Crippen molar-refractivity contribution < 1.29 is 37.7 Å². The molecule has 1 aliphatic heterocycles. The first kappa shape index (κ1) is 27.5. The van der Waals surface area contributed by atoms with Crippen LogP contribution in [0.15, 0.2) is 72.3 Å². The summed E-state index contributed by atoms with van der Waals surface area (Å²) in [6.07, 6.45) is 0. The Bertz CT molecular complexity index is 1510. The van der Waals surface area contributed by atoms with Crippen LogP contribution in [0, 0.1) is 0 Å². The highest BCUT2D eigenvalue weighted by Crippen LogP contribution is 2.69.